The first kappa shape index (κ1) is 22.5. The summed E-state index contributed by atoms with van der Waals surface area (Å²) in [6.45, 7) is 9.44. The van der Waals surface area contributed by atoms with Gasteiger partial charge in [-0.05, 0) is 45.0 Å². The maximum atomic E-state index is 14.1. The van der Waals surface area contributed by atoms with E-state index in [4.69, 9.17) is 4.98 Å². The second-order valence-electron chi connectivity index (χ2n) is 9.28. The highest BCUT2D eigenvalue weighted by Crippen LogP contribution is 2.28. The lowest BCUT2D eigenvalue weighted by atomic mass is 10.1. The van der Waals surface area contributed by atoms with Gasteiger partial charge in [0.15, 0.2) is 5.82 Å². The van der Waals surface area contributed by atoms with Gasteiger partial charge in [0.05, 0.1) is 22.5 Å². The number of aromatic amines is 1. The van der Waals surface area contributed by atoms with E-state index in [1.54, 1.807) is 0 Å². The summed E-state index contributed by atoms with van der Waals surface area (Å²) < 4.78 is 29.6. The van der Waals surface area contributed by atoms with Gasteiger partial charge in [0.2, 0.25) is 0 Å². The molecule has 34 heavy (non-hydrogen) atoms. The van der Waals surface area contributed by atoms with Gasteiger partial charge in [-0.25, -0.2) is 18.7 Å². The number of piperazine rings is 1. The molecule has 0 bridgehead atoms. The molecule has 1 amide bonds. The number of carbonyl (C=O) groups is 1. The van der Waals surface area contributed by atoms with Gasteiger partial charge in [-0.1, -0.05) is 0 Å². The Balaban J connectivity index is 1.43. The van der Waals surface area contributed by atoms with Crippen molar-refractivity contribution in [1.29, 1.82) is 0 Å². The number of hydrogen-bond acceptors (Lipinski definition) is 4. The van der Waals surface area contributed by atoms with Crippen LogP contribution < -0.4 is 0 Å². The van der Waals surface area contributed by atoms with Crippen LogP contribution in [0.2, 0.25) is 0 Å². The normalized spacial score (nSPS) is 16.1. The van der Waals surface area contributed by atoms with Crippen LogP contribution in [0.3, 0.4) is 0 Å². The second-order valence-corrected chi connectivity index (χ2v) is 9.28. The smallest absolute Gasteiger partial charge is 0.254 e. The van der Waals surface area contributed by atoms with Crippen molar-refractivity contribution < 1.29 is 13.6 Å². The number of carbonyl (C=O) groups excluding carboxylic acids is 1. The Morgan fingerprint density at radius 3 is 2.47 bits per heavy atom. The van der Waals surface area contributed by atoms with Gasteiger partial charge in [0.25, 0.3) is 5.91 Å². The maximum absolute atomic E-state index is 14.1. The number of H-pyrrole nitrogens is 1. The summed E-state index contributed by atoms with van der Waals surface area (Å²) in [6.07, 6.45) is 0. The number of rotatable bonds is 4. The highest BCUT2D eigenvalue weighted by Gasteiger charge is 2.25. The molecule has 0 radical (unpaired) electrons. The molecule has 3 heterocycles. The van der Waals surface area contributed by atoms with Crippen LogP contribution >= 0.6 is 0 Å². The molecular formula is C25H28F2N6O. The summed E-state index contributed by atoms with van der Waals surface area (Å²) in [5.41, 5.74) is 2.64. The molecule has 2 aromatic heterocycles. The predicted molar refractivity (Wildman–Crippen MR) is 127 cm³/mol. The van der Waals surface area contributed by atoms with Gasteiger partial charge in [-0.15, -0.1) is 0 Å². The van der Waals surface area contributed by atoms with Crippen molar-refractivity contribution in [2.24, 2.45) is 7.05 Å². The molecule has 1 atom stereocenters. The lowest BCUT2D eigenvalue weighted by Crippen LogP contribution is -2.50. The van der Waals surface area contributed by atoms with Crippen LogP contribution in [0.4, 0.5) is 8.78 Å². The fourth-order valence-electron chi connectivity index (χ4n) is 4.74. The number of aryl methyl sites for hydroxylation is 1. The van der Waals surface area contributed by atoms with Crippen LogP contribution in [0.1, 0.15) is 48.7 Å². The lowest BCUT2D eigenvalue weighted by Gasteiger charge is -2.37. The zero-order valence-corrected chi connectivity index (χ0v) is 19.8. The lowest BCUT2D eigenvalue weighted by molar-refractivity contribution is 0.0595. The number of hydrogen-bond donors (Lipinski definition) is 1. The van der Waals surface area contributed by atoms with Gasteiger partial charge in [-0.2, -0.15) is 0 Å². The number of nitrogens with zero attached hydrogens (tertiary/aromatic N) is 5. The number of imidazole rings is 2. The van der Waals surface area contributed by atoms with Gasteiger partial charge in [0.1, 0.15) is 23.0 Å². The minimum atomic E-state index is -0.702. The molecule has 1 saturated heterocycles. The number of halogens is 2. The molecule has 1 aliphatic heterocycles. The molecule has 1 N–H and O–H groups in total. The SMILES string of the molecule is CC(c1nc2c(F)cc(F)cc2[nH]1)c1nc2ccc(C(=O)N3CCN(C(C)C)CC3)cc2n1C. The van der Waals surface area contributed by atoms with Gasteiger partial charge in [0, 0.05) is 50.9 Å². The second kappa shape index (κ2) is 8.47. The average molecular weight is 467 g/mol. The van der Waals surface area contributed by atoms with Gasteiger partial charge in [-0.3, -0.25) is 9.69 Å². The monoisotopic (exact) mass is 466 g/mol. The standard InChI is InChI=1S/C25H28F2N6O/c1-14(2)32-7-9-33(10-8-32)25(34)16-5-6-19-21(11-16)31(4)24(29-19)15(3)23-28-20-13-17(26)12-18(27)22(20)30-23/h5-6,11-15H,7-10H2,1-4H3,(H,28,30). The predicted octanol–water partition coefficient (Wildman–Crippen LogP) is 4.05. The summed E-state index contributed by atoms with van der Waals surface area (Å²) in [7, 11) is 1.89. The topological polar surface area (TPSA) is 70.1 Å². The van der Waals surface area contributed by atoms with E-state index in [0.717, 1.165) is 30.2 Å². The van der Waals surface area contributed by atoms with Crippen molar-refractivity contribution in [1.82, 2.24) is 29.3 Å². The largest absolute Gasteiger partial charge is 0.341 e. The molecular weight excluding hydrogens is 438 g/mol. The maximum Gasteiger partial charge on any atom is 0.254 e. The zero-order valence-electron chi connectivity index (χ0n) is 19.8. The highest BCUT2D eigenvalue weighted by molar-refractivity contribution is 5.97. The zero-order chi connectivity index (χ0) is 24.1. The number of fused-ring (bicyclic) bond motifs is 2. The summed E-state index contributed by atoms with van der Waals surface area (Å²) in [5, 5.41) is 0. The molecule has 0 saturated carbocycles. The van der Waals surface area contributed by atoms with Crippen LogP contribution in [0.15, 0.2) is 30.3 Å². The third-order valence-corrected chi connectivity index (χ3v) is 6.81. The van der Waals surface area contributed by atoms with E-state index in [0.29, 0.717) is 41.9 Å². The number of benzene rings is 2. The van der Waals surface area contributed by atoms with Crippen molar-refractivity contribution in [3.05, 3.63) is 59.2 Å². The number of nitrogens with one attached hydrogen (secondary N) is 1. The van der Waals surface area contributed by atoms with Crippen molar-refractivity contribution >= 4 is 28.0 Å². The van der Waals surface area contributed by atoms with E-state index in [2.05, 4.69) is 28.7 Å². The number of aromatic nitrogens is 4. The Morgan fingerprint density at radius 1 is 1.03 bits per heavy atom. The summed E-state index contributed by atoms with van der Waals surface area (Å²) in [6, 6.07) is 8.09. The first-order chi connectivity index (χ1) is 16.2. The Kier molecular flexibility index (Phi) is 5.59. The van der Waals surface area contributed by atoms with E-state index < -0.39 is 11.6 Å². The molecule has 5 rings (SSSR count). The molecule has 1 unspecified atom stereocenters. The van der Waals surface area contributed by atoms with Crippen molar-refractivity contribution in [2.75, 3.05) is 26.2 Å². The third kappa shape index (κ3) is 3.83. The van der Waals surface area contributed by atoms with Crippen molar-refractivity contribution in [3.63, 3.8) is 0 Å². The van der Waals surface area contributed by atoms with Crippen LogP contribution in [-0.2, 0) is 7.05 Å². The van der Waals surface area contributed by atoms with Crippen LogP contribution in [0.5, 0.6) is 0 Å². The quantitative estimate of drug-likeness (QED) is 0.493. The molecule has 0 aliphatic carbocycles. The highest BCUT2D eigenvalue weighted by atomic mass is 19.1. The fraction of sp³-hybridized carbons (Fsp3) is 0.400. The average Bonchev–Trinajstić information content (AvgIpc) is 3.39. The third-order valence-electron chi connectivity index (χ3n) is 6.81. The van der Waals surface area contributed by atoms with E-state index in [1.807, 2.05) is 41.6 Å². The Morgan fingerprint density at radius 2 is 1.76 bits per heavy atom. The first-order valence-electron chi connectivity index (χ1n) is 11.6. The van der Waals surface area contributed by atoms with E-state index in [9.17, 15) is 13.6 Å². The van der Waals surface area contributed by atoms with E-state index in [-0.39, 0.29) is 17.3 Å². The molecule has 1 fully saturated rings. The minimum absolute atomic E-state index is 0.0240. The van der Waals surface area contributed by atoms with Gasteiger partial charge < -0.3 is 14.5 Å². The minimum Gasteiger partial charge on any atom is -0.341 e. The summed E-state index contributed by atoms with van der Waals surface area (Å²) in [5.74, 6) is -0.417. The van der Waals surface area contributed by atoms with Crippen molar-refractivity contribution in [2.45, 2.75) is 32.7 Å². The van der Waals surface area contributed by atoms with Gasteiger partial charge >= 0.3 is 0 Å². The Labute approximate surface area is 196 Å². The molecule has 0 spiro atoms. The Bertz CT molecular complexity index is 1380. The first-order valence-corrected chi connectivity index (χ1v) is 11.6. The number of amides is 1. The summed E-state index contributed by atoms with van der Waals surface area (Å²) >= 11 is 0. The molecule has 7 nitrogen and oxygen atoms in total. The molecule has 4 aromatic rings. The molecule has 2 aromatic carbocycles. The summed E-state index contributed by atoms with van der Waals surface area (Å²) in [4.78, 5) is 29.5. The van der Waals surface area contributed by atoms with E-state index >= 15 is 0 Å². The molecule has 9 heteroatoms. The van der Waals surface area contributed by atoms with E-state index in [1.165, 1.54) is 6.07 Å². The van der Waals surface area contributed by atoms with Crippen LogP contribution in [-0.4, -0.2) is 67.4 Å². The molecule has 178 valence electrons. The van der Waals surface area contributed by atoms with Crippen molar-refractivity contribution in [3.8, 4) is 0 Å². The molecule has 1 aliphatic rings. The van der Waals surface area contributed by atoms with Crippen LogP contribution in [0, 0.1) is 11.6 Å². The van der Waals surface area contributed by atoms with Crippen LogP contribution in [0.25, 0.3) is 22.1 Å². The Hall–Kier alpha value is -3.33. The fourth-order valence-corrected chi connectivity index (χ4v) is 4.74.